The third-order valence-corrected chi connectivity index (χ3v) is 9.06. The van der Waals surface area contributed by atoms with Crippen LogP contribution in [0.15, 0.2) is 25.3 Å². The van der Waals surface area contributed by atoms with Crippen molar-refractivity contribution < 1.29 is 19.1 Å². The van der Waals surface area contributed by atoms with E-state index in [9.17, 15) is 9.59 Å². The topological polar surface area (TPSA) is 52.6 Å². The molecule has 4 fully saturated rings. The van der Waals surface area contributed by atoms with Crippen LogP contribution in [0.3, 0.4) is 0 Å². The second-order valence-electron chi connectivity index (χ2n) is 9.70. The minimum atomic E-state index is -0.738. The molecule has 1 aromatic carbocycles. The van der Waals surface area contributed by atoms with E-state index >= 15 is 0 Å². The lowest BCUT2D eigenvalue weighted by molar-refractivity contribution is -0.200. The van der Waals surface area contributed by atoms with Crippen molar-refractivity contribution in [3.05, 3.63) is 50.4 Å². The molecular weight excluding hydrogens is 530 g/mol. The van der Waals surface area contributed by atoms with Gasteiger partial charge in [0.15, 0.2) is 5.75 Å². The number of benzene rings is 1. The van der Waals surface area contributed by atoms with Gasteiger partial charge >= 0.3 is 11.9 Å². The number of halogens is 5. The number of esters is 2. The van der Waals surface area contributed by atoms with Gasteiger partial charge in [-0.3, -0.25) is 0 Å². The van der Waals surface area contributed by atoms with Crippen LogP contribution in [0, 0.1) is 22.7 Å². The Morgan fingerprint density at radius 2 is 1.42 bits per heavy atom. The minimum Gasteiger partial charge on any atom is -0.458 e. The highest BCUT2D eigenvalue weighted by atomic mass is 35.5. The zero-order valence-corrected chi connectivity index (χ0v) is 22.1. The lowest BCUT2D eigenvalue weighted by Gasteiger charge is -2.63. The molecule has 4 nitrogen and oxygen atoms in total. The van der Waals surface area contributed by atoms with Crippen molar-refractivity contribution in [1.29, 1.82) is 0 Å². The first kappa shape index (κ1) is 26.7. The molecule has 0 radical (unpaired) electrons. The van der Waals surface area contributed by atoms with Crippen LogP contribution in [0.1, 0.15) is 46.0 Å². The van der Waals surface area contributed by atoms with Gasteiger partial charge in [0, 0.05) is 17.6 Å². The van der Waals surface area contributed by atoms with Gasteiger partial charge in [-0.05, 0) is 49.4 Å². The number of ether oxygens (including phenoxy) is 2. The summed E-state index contributed by atoms with van der Waals surface area (Å²) in [4.78, 5) is 22.5. The largest absolute Gasteiger partial charge is 0.458 e. The Morgan fingerprint density at radius 1 is 0.879 bits per heavy atom. The fraction of sp³-hybridized carbons (Fsp3) is 0.500. The number of carbonyl (C=O) groups excluding carboxylic acids is 2. The predicted molar refractivity (Wildman–Crippen MR) is 134 cm³/mol. The first-order valence-corrected chi connectivity index (χ1v) is 12.4. The first-order chi connectivity index (χ1) is 15.3. The number of hydrogen-bond donors (Lipinski definition) is 0. The van der Waals surface area contributed by atoms with E-state index in [4.69, 9.17) is 67.5 Å². The number of hydrogen-bond acceptors (Lipinski definition) is 4. The van der Waals surface area contributed by atoms with Gasteiger partial charge in [0.05, 0.1) is 15.1 Å². The van der Waals surface area contributed by atoms with Crippen LogP contribution < -0.4 is 4.74 Å². The molecule has 5 unspecified atom stereocenters. The molecule has 4 aliphatic rings. The fourth-order valence-corrected chi connectivity index (χ4v) is 7.46. The highest BCUT2D eigenvalue weighted by Crippen LogP contribution is 2.65. The molecule has 0 aliphatic heterocycles. The van der Waals surface area contributed by atoms with Crippen molar-refractivity contribution in [1.82, 2.24) is 0 Å². The summed E-state index contributed by atoms with van der Waals surface area (Å²) in [6.45, 7) is 11.5. The van der Waals surface area contributed by atoms with Crippen LogP contribution in [0.5, 0.6) is 5.75 Å². The molecule has 33 heavy (non-hydrogen) atoms. The smallest absolute Gasteiger partial charge is 0.335 e. The Morgan fingerprint density at radius 3 is 1.91 bits per heavy atom. The summed E-state index contributed by atoms with van der Waals surface area (Å²) in [5.41, 5.74) is 0.731. The Balaban J connectivity index is 0.000000186. The van der Waals surface area contributed by atoms with Gasteiger partial charge < -0.3 is 9.47 Å². The van der Waals surface area contributed by atoms with Gasteiger partial charge in [0.1, 0.15) is 16.1 Å². The quantitative estimate of drug-likeness (QED) is 0.123. The average molecular weight is 555 g/mol. The molecule has 180 valence electrons. The molecule has 4 bridgehead atoms. The third kappa shape index (κ3) is 5.36. The summed E-state index contributed by atoms with van der Waals surface area (Å²) in [6, 6.07) is 0. The third-order valence-electron chi connectivity index (χ3n) is 6.82. The normalized spacial score (nSPS) is 31.3. The standard InChI is InChI=1S/C15H22O2.C9H3Cl5O2/c1-4-12(16)17-13-11-5-10-6-14(2,8-11)9-15(13,3)7-10;1-2-3(15)16-9-7(13)5(11)4(10)6(12)8(9)14/h4,10-11,13H,1,5-9H2,2-3H3;2H,1H2. The monoisotopic (exact) mass is 552 g/mol. The molecule has 0 saturated heterocycles. The second-order valence-corrected chi connectivity index (χ2v) is 11.6. The van der Waals surface area contributed by atoms with E-state index < -0.39 is 5.97 Å². The Hall–Kier alpha value is -0.910. The van der Waals surface area contributed by atoms with Gasteiger partial charge in [0.2, 0.25) is 0 Å². The molecule has 0 heterocycles. The van der Waals surface area contributed by atoms with Crippen molar-refractivity contribution >= 4 is 69.9 Å². The molecule has 9 heteroatoms. The highest BCUT2D eigenvalue weighted by Gasteiger charge is 2.60. The highest BCUT2D eigenvalue weighted by molar-refractivity contribution is 6.55. The van der Waals surface area contributed by atoms with Crippen molar-refractivity contribution in [2.75, 3.05) is 0 Å². The van der Waals surface area contributed by atoms with Crippen LogP contribution in [0.25, 0.3) is 0 Å². The minimum absolute atomic E-state index is 0.00302. The maximum atomic E-state index is 11.5. The maximum absolute atomic E-state index is 11.5. The molecule has 0 N–H and O–H groups in total. The SMILES string of the molecule is C=CC(=O)OC1C2CC3CC(C)(C2)CC1(C)C3.C=CC(=O)Oc1c(Cl)c(Cl)c(Cl)c(Cl)c1Cl. The molecule has 0 aromatic heterocycles. The Kier molecular flexibility index (Phi) is 8.08. The number of rotatable bonds is 4. The van der Waals surface area contributed by atoms with E-state index in [1.807, 2.05) is 0 Å². The van der Waals surface area contributed by atoms with Gasteiger partial charge in [-0.25, -0.2) is 9.59 Å². The van der Waals surface area contributed by atoms with Crippen LogP contribution >= 0.6 is 58.0 Å². The maximum Gasteiger partial charge on any atom is 0.335 e. The molecule has 0 spiro atoms. The summed E-state index contributed by atoms with van der Waals surface area (Å²) >= 11 is 28.9. The fourth-order valence-electron chi connectivity index (χ4n) is 6.26. The molecule has 5 rings (SSSR count). The summed E-state index contributed by atoms with van der Waals surface area (Å²) in [6.07, 6.45) is 8.75. The zero-order valence-electron chi connectivity index (χ0n) is 18.4. The molecule has 0 amide bonds. The van der Waals surface area contributed by atoms with Gasteiger partial charge in [-0.1, -0.05) is 85.0 Å². The summed E-state index contributed by atoms with van der Waals surface area (Å²) in [5, 5.41) is -0.251. The van der Waals surface area contributed by atoms with E-state index in [-0.39, 0.29) is 48.4 Å². The van der Waals surface area contributed by atoms with Crippen molar-refractivity contribution in [2.24, 2.45) is 22.7 Å². The molecule has 5 atom stereocenters. The van der Waals surface area contributed by atoms with Crippen LogP contribution in [0.2, 0.25) is 25.1 Å². The lowest BCUT2D eigenvalue weighted by atomic mass is 9.44. The first-order valence-electron chi connectivity index (χ1n) is 10.5. The van der Waals surface area contributed by atoms with E-state index in [2.05, 4.69) is 27.0 Å². The van der Waals surface area contributed by atoms with Gasteiger partial charge in [-0.15, -0.1) is 0 Å². The van der Waals surface area contributed by atoms with Gasteiger partial charge in [0.25, 0.3) is 0 Å². The van der Waals surface area contributed by atoms with Crippen LogP contribution in [-0.4, -0.2) is 18.0 Å². The van der Waals surface area contributed by atoms with Gasteiger partial charge in [-0.2, -0.15) is 0 Å². The van der Waals surface area contributed by atoms with Crippen molar-refractivity contribution in [2.45, 2.75) is 52.1 Å². The van der Waals surface area contributed by atoms with E-state index in [0.717, 1.165) is 12.0 Å². The summed E-state index contributed by atoms with van der Waals surface area (Å²) in [5.74, 6) is 0.339. The Bertz CT molecular complexity index is 980. The van der Waals surface area contributed by atoms with E-state index in [1.165, 1.54) is 38.2 Å². The zero-order chi connectivity index (χ0) is 24.7. The van der Waals surface area contributed by atoms with Crippen LogP contribution in [0.4, 0.5) is 0 Å². The number of carbonyl (C=O) groups is 2. The lowest BCUT2D eigenvalue weighted by Crippen LogP contribution is -2.59. The van der Waals surface area contributed by atoms with Crippen molar-refractivity contribution in [3.8, 4) is 5.75 Å². The molecule has 4 aliphatic carbocycles. The summed E-state index contributed by atoms with van der Waals surface area (Å²) < 4.78 is 10.5. The average Bonchev–Trinajstić information content (AvgIpc) is 2.75. The predicted octanol–water partition coefficient (Wildman–Crippen LogP) is 8.37. The molecule has 4 saturated carbocycles. The van der Waals surface area contributed by atoms with Crippen LogP contribution in [-0.2, 0) is 14.3 Å². The van der Waals surface area contributed by atoms with E-state index in [0.29, 0.717) is 11.3 Å². The molecular formula is C24H25Cl5O4. The molecule has 1 aromatic rings. The van der Waals surface area contributed by atoms with Crippen molar-refractivity contribution in [3.63, 3.8) is 0 Å². The second kappa shape index (κ2) is 9.99. The Labute approximate surface area is 219 Å². The van der Waals surface area contributed by atoms with E-state index in [1.54, 1.807) is 0 Å². The summed E-state index contributed by atoms with van der Waals surface area (Å²) in [7, 11) is 0.